The van der Waals surface area contributed by atoms with Gasteiger partial charge >= 0.3 is 0 Å². The van der Waals surface area contributed by atoms with Gasteiger partial charge in [0.1, 0.15) is 11.9 Å². The van der Waals surface area contributed by atoms with Gasteiger partial charge in [0.15, 0.2) is 0 Å². The van der Waals surface area contributed by atoms with E-state index in [1.807, 2.05) is 47.9 Å². The van der Waals surface area contributed by atoms with E-state index < -0.39 is 0 Å². The van der Waals surface area contributed by atoms with Gasteiger partial charge in [-0.05, 0) is 32.4 Å². The summed E-state index contributed by atoms with van der Waals surface area (Å²) in [5.74, 6) is 1.15. The number of nitrogens with zero attached hydrogens (tertiary/aromatic N) is 5. The van der Waals surface area contributed by atoms with Gasteiger partial charge in [0.05, 0.1) is 11.7 Å². The smallest absolute Gasteiger partial charge is 0.241 e. The predicted octanol–water partition coefficient (Wildman–Crippen LogP) is 0.688. The second kappa shape index (κ2) is 7.28. The number of carbonyl (C=O) groups excluding carboxylic acids is 1. The molecule has 0 aromatic carbocycles. The largest absolute Gasteiger partial charge is 0.353 e. The highest BCUT2D eigenvalue weighted by Gasteiger charge is 2.36. The second-order valence-electron chi connectivity index (χ2n) is 7.34. The standard InChI is InChI=1S/C19H27N7O/c1-13-18(14(2)24(3)23-13)15-12-16(22-21-15)19(27)26-10-8-25(9-11-26)17-6-4-5-7-20-17/h4-7,15-16,21-22H,8-12H2,1-3H3. The maximum absolute atomic E-state index is 13.0. The normalized spacial score (nSPS) is 23.1. The third-order valence-electron chi connectivity index (χ3n) is 5.68. The molecule has 2 N–H and O–H groups in total. The van der Waals surface area contributed by atoms with Gasteiger partial charge in [0.25, 0.3) is 0 Å². The highest BCUT2D eigenvalue weighted by Crippen LogP contribution is 2.28. The SMILES string of the molecule is Cc1nn(C)c(C)c1C1CC(C(=O)N2CCN(c3ccccn3)CC2)NN1. The van der Waals surface area contributed by atoms with Crippen LogP contribution in [0.1, 0.15) is 29.4 Å². The van der Waals surface area contributed by atoms with Crippen molar-refractivity contribution in [3.05, 3.63) is 41.3 Å². The first-order valence-electron chi connectivity index (χ1n) is 9.50. The van der Waals surface area contributed by atoms with Crippen LogP contribution in [0.25, 0.3) is 0 Å². The Kier molecular flexibility index (Phi) is 4.84. The van der Waals surface area contributed by atoms with E-state index in [2.05, 4.69) is 32.8 Å². The van der Waals surface area contributed by atoms with E-state index in [1.54, 1.807) is 0 Å². The quantitative estimate of drug-likeness (QED) is 0.829. The van der Waals surface area contributed by atoms with Crippen LogP contribution in [0.5, 0.6) is 0 Å². The third-order valence-corrected chi connectivity index (χ3v) is 5.68. The number of hydrogen-bond donors (Lipinski definition) is 2. The zero-order chi connectivity index (χ0) is 19.0. The van der Waals surface area contributed by atoms with Crippen molar-refractivity contribution in [2.45, 2.75) is 32.4 Å². The summed E-state index contributed by atoms with van der Waals surface area (Å²) in [6, 6.07) is 5.85. The molecule has 4 heterocycles. The van der Waals surface area contributed by atoms with Crippen LogP contribution in [0.4, 0.5) is 5.82 Å². The Hall–Kier alpha value is -2.45. The van der Waals surface area contributed by atoms with Gasteiger partial charge in [-0.15, -0.1) is 0 Å². The topological polar surface area (TPSA) is 78.3 Å². The number of hydrazine groups is 1. The molecule has 0 radical (unpaired) electrons. The van der Waals surface area contributed by atoms with Gasteiger partial charge in [0, 0.05) is 50.7 Å². The number of aryl methyl sites for hydroxylation is 2. The first kappa shape index (κ1) is 17.9. The highest BCUT2D eigenvalue weighted by atomic mass is 16.2. The average Bonchev–Trinajstić information content (AvgIpc) is 3.26. The minimum Gasteiger partial charge on any atom is -0.353 e. The van der Waals surface area contributed by atoms with E-state index in [0.717, 1.165) is 49.8 Å². The van der Waals surface area contributed by atoms with Crippen LogP contribution in [0, 0.1) is 13.8 Å². The molecule has 2 aliphatic rings. The van der Waals surface area contributed by atoms with E-state index in [-0.39, 0.29) is 18.0 Å². The van der Waals surface area contributed by atoms with Crippen LogP contribution in [-0.2, 0) is 11.8 Å². The number of rotatable bonds is 3. The molecule has 2 saturated heterocycles. The summed E-state index contributed by atoms with van der Waals surface area (Å²) in [7, 11) is 1.96. The van der Waals surface area contributed by atoms with E-state index in [1.165, 1.54) is 5.56 Å². The lowest BCUT2D eigenvalue weighted by molar-refractivity contribution is -0.133. The van der Waals surface area contributed by atoms with E-state index >= 15 is 0 Å². The molecule has 0 saturated carbocycles. The van der Waals surface area contributed by atoms with E-state index in [4.69, 9.17) is 0 Å². The molecule has 0 bridgehead atoms. The van der Waals surface area contributed by atoms with Crippen LogP contribution >= 0.6 is 0 Å². The lowest BCUT2D eigenvalue weighted by atomic mass is 9.99. The summed E-state index contributed by atoms with van der Waals surface area (Å²) in [4.78, 5) is 21.6. The molecule has 2 unspecified atom stereocenters. The minimum atomic E-state index is -0.199. The fourth-order valence-electron chi connectivity index (χ4n) is 4.12. The Bertz CT molecular complexity index is 811. The van der Waals surface area contributed by atoms with E-state index in [9.17, 15) is 4.79 Å². The Morgan fingerprint density at radius 3 is 2.56 bits per heavy atom. The second-order valence-corrected chi connectivity index (χ2v) is 7.34. The number of aromatic nitrogens is 3. The molecule has 4 rings (SSSR count). The Morgan fingerprint density at radius 2 is 1.93 bits per heavy atom. The summed E-state index contributed by atoms with van der Waals surface area (Å²) in [5, 5.41) is 4.49. The molecule has 2 atom stereocenters. The van der Waals surface area contributed by atoms with Crippen LogP contribution < -0.4 is 15.8 Å². The molecule has 2 aliphatic heterocycles. The van der Waals surface area contributed by atoms with Crippen molar-refractivity contribution in [2.75, 3.05) is 31.1 Å². The van der Waals surface area contributed by atoms with E-state index in [0.29, 0.717) is 0 Å². The van der Waals surface area contributed by atoms with Gasteiger partial charge in [-0.25, -0.2) is 15.8 Å². The van der Waals surface area contributed by atoms with Crippen LogP contribution in [0.2, 0.25) is 0 Å². The highest BCUT2D eigenvalue weighted by molar-refractivity contribution is 5.82. The summed E-state index contributed by atoms with van der Waals surface area (Å²) >= 11 is 0. The zero-order valence-corrected chi connectivity index (χ0v) is 16.1. The summed E-state index contributed by atoms with van der Waals surface area (Å²) in [5.41, 5.74) is 9.86. The minimum absolute atomic E-state index is 0.113. The summed E-state index contributed by atoms with van der Waals surface area (Å²) in [6.07, 6.45) is 2.55. The van der Waals surface area contributed by atoms with Crippen molar-refractivity contribution >= 4 is 11.7 Å². The van der Waals surface area contributed by atoms with Crippen molar-refractivity contribution in [2.24, 2.45) is 7.05 Å². The first-order chi connectivity index (χ1) is 13.0. The van der Waals surface area contributed by atoms with Gasteiger partial charge in [-0.2, -0.15) is 5.10 Å². The number of nitrogens with one attached hydrogen (secondary N) is 2. The Balaban J connectivity index is 1.36. The molecule has 1 amide bonds. The molecule has 8 heteroatoms. The fraction of sp³-hybridized carbons (Fsp3) is 0.526. The van der Waals surface area contributed by atoms with Crippen molar-refractivity contribution in [3.63, 3.8) is 0 Å². The predicted molar refractivity (Wildman–Crippen MR) is 103 cm³/mol. The third kappa shape index (κ3) is 3.42. The lowest BCUT2D eigenvalue weighted by Gasteiger charge is -2.36. The van der Waals surface area contributed by atoms with Crippen molar-refractivity contribution < 1.29 is 4.79 Å². The first-order valence-corrected chi connectivity index (χ1v) is 9.50. The van der Waals surface area contributed by atoms with Crippen LogP contribution in [0.3, 0.4) is 0 Å². The lowest BCUT2D eigenvalue weighted by Crippen LogP contribution is -2.53. The molecular formula is C19H27N7O. The van der Waals surface area contributed by atoms with Gasteiger partial charge < -0.3 is 9.80 Å². The fourth-order valence-corrected chi connectivity index (χ4v) is 4.12. The molecule has 2 fully saturated rings. The molecule has 27 heavy (non-hydrogen) atoms. The maximum Gasteiger partial charge on any atom is 0.241 e. The molecule has 0 aliphatic carbocycles. The number of amides is 1. The molecule has 2 aromatic rings. The molecule has 2 aromatic heterocycles. The number of pyridine rings is 1. The number of hydrogen-bond acceptors (Lipinski definition) is 6. The van der Waals surface area contributed by atoms with Crippen LogP contribution in [-0.4, -0.2) is 57.8 Å². The van der Waals surface area contributed by atoms with Gasteiger partial charge in [-0.3, -0.25) is 9.48 Å². The molecular weight excluding hydrogens is 342 g/mol. The number of anilines is 1. The van der Waals surface area contributed by atoms with Crippen molar-refractivity contribution in [1.29, 1.82) is 0 Å². The van der Waals surface area contributed by atoms with Crippen molar-refractivity contribution in [1.82, 2.24) is 30.5 Å². The van der Waals surface area contributed by atoms with Gasteiger partial charge in [0.2, 0.25) is 5.91 Å². The van der Waals surface area contributed by atoms with Crippen LogP contribution in [0.15, 0.2) is 24.4 Å². The van der Waals surface area contributed by atoms with Gasteiger partial charge in [-0.1, -0.05) is 6.07 Å². The average molecular weight is 369 g/mol. The Morgan fingerprint density at radius 1 is 1.15 bits per heavy atom. The summed E-state index contributed by atoms with van der Waals surface area (Å²) < 4.78 is 1.90. The molecule has 8 nitrogen and oxygen atoms in total. The molecule has 144 valence electrons. The monoisotopic (exact) mass is 369 g/mol. The van der Waals surface area contributed by atoms with Crippen molar-refractivity contribution in [3.8, 4) is 0 Å². The maximum atomic E-state index is 13.0. The number of carbonyl (C=O) groups is 1. The Labute approximate surface area is 159 Å². The zero-order valence-electron chi connectivity index (χ0n) is 16.1. The number of piperazine rings is 1. The molecule has 0 spiro atoms. The summed E-state index contributed by atoms with van der Waals surface area (Å²) in [6.45, 7) is 7.17.